The fourth-order valence-electron chi connectivity index (χ4n) is 5.15. The molecule has 5 aromatic carbocycles. The maximum absolute atomic E-state index is 13.8. The van der Waals surface area contributed by atoms with E-state index in [1.165, 1.54) is 47.4 Å². The number of thioether (sulfide) groups is 1. The number of thiazole rings is 1. The molecule has 3 N–H and O–H groups in total. The number of nitrogens with one attached hydrogen (secondary N) is 3. The first kappa shape index (κ1) is 36.2. The molecule has 0 aliphatic rings. The summed E-state index contributed by atoms with van der Waals surface area (Å²) in [4.78, 5) is 57.1. The van der Waals surface area contributed by atoms with Gasteiger partial charge in [-0.05, 0) is 72.3 Å². The van der Waals surface area contributed by atoms with Crippen molar-refractivity contribution >= 4 is 63.4 Å². The molecule has 0 bridgehead atoms. The first-order chi connectivity index (χ1) is 25.8. The van der Waals surface area contributed by atoms with E-state index >= 15 is 0 Å². The standard InChI is InChI=1S/C40H31N5O6S2/c1-51-31-21-19-26(20-22-31)34-25-52-40(43-34)44-39(48)36(27-11-4-2-5-12-27)53-32-17-10-16-30(24-32)41-38(47)33(42-37(46)28-13-6-3-7-14-28)23-29-15-8-9-18-35(29)45(49)50/h2-25,36H,1H3,(H,41,47)(H,42,46)(H,43,44,48)/b33-23+. The van der Waals surface area contributed by atoms with Gasteiger partial charge in [-0.25, -0.2) is 4.98 Å². The highest BCUT2D eigenvalue weighted by Gasteiger charge is 2.24. The second kappa shape index (κ2) is 17.1. The highest BCUT2D eigenvalue weighted by Crippen LogP contribution is 2.38. The quantitative estimate of drug-likeness (QED) is 0.0461. The summed E-state index contributed by atoms with van der Waals surface area (Å²) in [5, 5.41) is 21.7. The molecule has 6 rings (SSSR count). The van der Waals surface area contributed by atoms with E-state index in [-0.39, 0.29) is 22.9 Å². The first-order valence-corrected chi connectivity index (χ1v) is 17.9. The molecule has 0 aliphatic carbocycles. The molecule has 1 heterocycles. The van der Waals surface area contributed by atoms with Gasteiger partial charge in [0.25, 0.3) is 17.5 Å². The molecule has 0 radical (unpaired) electrons. The van der Waals surface area contributed by atoms with Crippen molar-refractivity contribution in [1.82, 2.24) is 10.3 Å². The number of methoxy groups -OCH3 is 1. The van der Waals surface area contributed by atoms with Crippen molar-refractivity contribution in [3.63, 3.8) is 0 Å². The van der Waals surface area contributed by atoms with E-state index in [9.17, 15) is 24.5 Å². The van der Waals surface area contributed by atoms with Gasteiger partial charge in [-0.3, -0.25) is 24.5 Å². The lowest BCUT2D eigenvalue weighted by Crippen LogP contribution is -2.30. The summed E-state index contributed by atoms with van der Waals surface area (Å²) in [7, 11) is 1.60. The number of para-hydroxylation sites is 1. The van der Waals surface area contributed by atoms with E-state index in [1.54, 1.807) is 61.7 Å². The summed E-state index contributed by atoms with van der Waals surface area (Å²) in [5.41, 5.74) is 2.73. The predicted octanol–water partition coefficient (Wildman–Crippen LogP) is 8.61. The summed E-state index contributed by atoms with van der Waals surface area (Å²) in [5.74, 6) is -0.829. The summed E-state index contributed by atoms with van der Waals surface area (Å²) in [6.07, 6.45) is 1.27. The van der Waals surface area contributed by atoms with E-state index in [1.807, 2.05) is 66.0 Å². The Morgan fingerprint density at radius 3 is 2.26 bits per heavy atom. The van der Waals surface area contributed by atoms with Gasteiger partial charge in [0.2, 0.25) is 5.91 Å². The summed E-state index contributed by atoms with van der Waals surface area (Å²) >= 11 is 2.60. The second-order valence-electron chi connectivity index (χ2n) is 11.3. The van der Waals surface area contributed by atoms with Crippen LogP contribution in [0.2, 0.25) is 0 Å². The van der Waals surface area contributed by atoms with Crippen LogP contribution in [0.15, 0.2) is 149 Å². The lowest BCUT2D eigenvalue weighted by molar-refractivity contribution is -0.385. The molecule has 3 amide bonds. The van der Waals surface area contributed by atoms with Gasteiger partial charge in [0.05, 0.1) is 23.3 Å². The number of carbonyl (C=O) groups is 3. The number of aromatic nitrogens is 1. The third-order valence-corrected chi connectivity index (χ3v) is 9.77. The Kier molecular flexibility index (Phi) is 11.7. The minimum absolute atomic E-state index is 0.133. The van der Waals surface area contributed by atoms with Gasteiger partial charge in [0.15, 0.2) is 5.13 Å². The van der Waals surface area contributed by atoms with Crippen LogP contribution in [0, 0.1) is 10.1 Å². The van der Waals surface area contributed by atoms with Crippen LogP contribution in [0.1, 0.15) is 26.7 Å². The number of hydrogen-bond donors (Lipinski definition) is 3. The third kappa shape index (κ3) is 9.41. The van der Waals surface area contributed by atoms with Crippen LogP contribution in [-0.2, 0) is 9.59 Å². The summed E-state index contributed by atoms with van der Waals surface area (Å²) < 4.78 is 5.24. The fourth-order valence-corrected chi connectivity index (χ4v) is 6.96. The Hall–Kier alpha value is -6.57. The van der Waals surface area contributed by atoms with Crippen LogP contribution in [-0.4, -0.2) is 34.7 Å². The van der Waals surface area contributed by atoms with Crippen molar-refractivity contribution in [3.8, 4) is 17.0 Å². The molecule has 11 nitrogen and oxygen atoms in total. The number of ether oxygens (including phenoxy) is 1. The van der Waals surface area contributed by atoms with E-state index < -0.39 is 22.0 Å². The smallest absolute Gasteiger partial charge is 0.276 e. The molecule has 264 valence electrons. The number of anilines is 2. The number of nitro groups is 1. The second-order valence-corrected chi connectivity index (χ2v) is 13.4. The topological polar surface area (TPSA) is 153 Å². The Morgan fingerprint density at radius 2 is 1.55 bits per heavy atom. The summed E-state index contributed by atoms with van der Waals surface area (Å²) in [6.45, 7) is 0. The van der Waals surface area contributed by atoms with Crippen molar-refractivity contribution in [2.24, 2.45) is 0 Å². The van der Waals surface area contributed by atoms with E-state index in [0.29, 0.717) is 21.3 Å². The number of nitro benzene ring substituents is 1. The van der Waals surface area contributed by atoms with Gasteiger partial charge >= 0.3 is 0 Å². The van der Waals surface area contributed by atoms with Gasteiger partial charge in [-0.15, -0.1) is 23.1 Å². The SMILES string of the molecule is COc1ccc(-c2csc(NC(=O)C(Sc3cccc(NC(=O)/C(=C\c4ccccc4[N+](=O)[O-])NC(=O)c4ccccc4)c3)c3ccccc3)n2)cc1. The third-order valence-electron chi connectivity index (χ3n) is 7.77. The average molecular weight is 742 g/mol. The monoisotopic (exact) mass is 741 g/mol. The van der Waals surface area contributed by atoms with Crippen molar-refractivity contribution in [1.29, 1.82) is 0 Å². The molecule has 1 aromatic heterocycles. The number of amides is 3. The first-order valence-electron chi connectivity index (χ1n) is 16.1. The molecule has 0 saturated carbocycles. The number of benzene rings is 5. The maximum Gasteiger partial charge on any atom is 0.276 e. The Balaban J connectivity index is 1.22. The highest BCUT2D eigenvalue weighted by molar-refractivity contribution is 8.00. The lowest BCUT2D eigenvalue weighted by atomic mass is 10.1. The van der Waals surface area contributed by atoms with Crippen molar-refractivity contribution in [3.05, 3.63) is 171 Å². The molecule has 53 heavy (non-hydrogen) atoms. The van der Waals surface area contributed by atoms with Gasteiger partial charge < -0.3 is 20.7 Å². The Morgan fingerprint density at radius 1 is 0.849 bits per heavy atom. The van der Waals surface area contributed by atoms with Crippen LogP contribution in [0.4, 0.5) is 16.5 Å². The van der Waals surface area contributed by atoms with Crippen LogP contribution >= 0.6 is 23.1 Å². The van der Waals surface area contributed by atoms with Gasteiger partial charge in [-0.1, -0.05) is 66.7 Å². The molecule has 6 aromatic rings. The molecule has 0 saturated heterocycles. The number of nitrogens with zero attached hydrogens (tertiary/aromatic N) is 2. The molecular weight excluding hydrogens is 711 g/mol. The van der Waals surface area contributed by atoms with E-state index in [0.717, 1.165) is 22.6 Å². The van der Waals surface area contributed by atoms with Crippen molar-refractivity contribution < 1.29 is 24.0 Å². The molecule has 13 heteroatoms. The zero-order valence-electron chi connectivity index (χ0n) is 28.1. The molecule has 1 unspecified atom stereocenters. The van der Waals surface area contributed by atoms with Gasteiger partial charge in [0, 0.05) is 33.2 Å². The number of rotatable bonds is 13. The van der Waals surface area contributed by atoms with Crippen LogP contribution < -0.4 is 20.7 Å². The van der Waals surface area contributed by atoms with Crippen LogP contribution in [0.25, 0.3) is 17.3 Å². The number of carbonyl (C=O) groups excluding carboxylic acids is 3. The zero-order chi connectivity index (χ0) is 37.2. The van der Waals surface area contributed by atoms with Crippen LogP contribution in [0.3, 0.4) is 0 Å². The molecule has 0 spiro atoms. The van der Waals surface area contributed by atoms with Gasteiger partial charge in [-0.2, -0.15) is 0 Å². The average Bonchev–Trinajstić information content (AvgIpc) is 3.66. The Labute approximate surface area is 312 Å². The molecular formula is C40H31N5O6S2. The minimum atomic E-state index is -0.705. The maximum atomic E-state index is 13.8. The van der Waals surface area contributed by atoms with Crippen molar-refractivity contribution in [2.75, 3.05) is 17.7 Å². The van der Waals surface area contributed by atoms with Gasteiger partial charge in [0.1, 0.15) is 16.7 Å². The Bertz CT molecular complexity index is 2280. The molecule has 0 aliphatic heterocycles. The van der Waals surface area contributed by atoms with E-state index in [4.69, 9.17) is 4.74 Å². The molecule has 1 atom stereocenters. The fraction of sp³-hybridized carbons (Fsp3) is 0.0500. The summed E-state index contributed by atoms with van der Waals surface area (Å²) in [6, 6.07) is 37.9. The number of hydrogen-bond acceptors (Lipinski definition) is 9. The normalized spacial score (nSPS) is 11.6. The van der Waals surface area contributed by atoms with E-state index in [2.05, 4.69) is 20.9 Å². The van der Waals surface area contributed by atoms with Crippen LogP contribution in [0.5, 0.6) is 5.75 Å². The van der Waals surface area contributed by atoms with Crippen molar-refractivity contribution in [2.45, 2.75) is 10.1 Å². The molecule has 0 fully saturated rings. The zero-order valence-corrected chi connectivity index (χ0v) is 29.7. The largest absolute Gasteiger partial charge is 0.497 e. The lowest BCUT2D eigenvalue weighted by Gasteiger charge is -2.17. The minimum Gasteiger partial charge on any atom is -0.497 e. The highest BCUT2D eigenvalue weighted by atomic mass is 32.2. The predicted molar refractivity (Wildman–Crippen MR) is 208 cm³/mol.